The van der Waals surface area contributed by atoms with Crippen LogP contribution in [-0.2, 0) is 16.1 Å². The molecule has 2 aromatic rings. The zero-order valence-corrected chi connectivity index (χ0v) is 18.8. The van der Waals surface area contributed by atoms with Gasteiger partial charge < -0.3 is 10.2 Å². The van der Waals surface area contributed by atoms with Crippen molar-refractivity contribution in [3.05, 3.63) is 65.7 Å². The highest BCUT2D eigenvalue weighted by molar-refractivity contribution is 7.99. The molecule has 1 saturated carbocycles. The molecule has 0 saturated heterocycles. The molecule has 1 unspecified atom stereocenters. The fourth-order valence-electron chi connectivity index (χ4n) is 3.86. The summed E-state index contributed by atoms with van der Waals surface area (Å²) in [5.74, 6) is 0.680. The van der Waals surface area contributed by atoms with Crippen LogP contribution < -0.4 is 5.32 Å². The van der Waals surface area contributed by atoms with E-state index in [1.54, 1.807) is 16.7 Å². The Hall–Kier alpha value is -2.27. The molecular weight excluding hydrogens is 392 g/mol. The Morgan fingerprint density at radius 3 is 2.43 bits per heavy atom. The first-order valence-corrected chi connectivity index (χ1v) is 11.9. The van der Waals surface area contributed by atoms with Gasteiger partial charge in [-0.1, -0.05) is 55.3 Å². The molecule has 0 aromatic heterocycles. The molecule has 5 heteroatoms. The van der Waals surface area contributed by atoms with Gasteiger partial charge in [0.2, 0.25) is 11.8 Å². The summed E-state index contributed by atoms with van der Waals surface area (Å²) in [5.41, 5.74) is 2.22. The number of carbonyl (C=O) groups is 2. The van der Waals surface area contributed by atoms with Gasteiger partial charge in [-0.15, -0.1) is 11.8 Å². The quantitative estimate of drug-likeness (QED) is 0.579. The number of nitrogens with one attached hydrogen (secondary N) is 1. The number of carbonyl (C=O) groups excluding carboxylic acids is 2. The Morgan fingerprint density at radius 2 is 1.73 bits per heavy atom. The predicted octanol–water partition coefficient (Wildman–Crippen LogP) is 4.95. The molecule has 2 aromatic carbocycles. The lowest BCUT2D eigenvalue weighted by molar-refractivity contribution is -0.140. The highest BCUT2D eigenvalue weighted by Gasteiger charge is 2.28. The number of nitrogens with zero attached hydrogens (tertiary/aromatic N) is 1. The molecule has 30 heavy (non-hydrogen) atoms. The summed E-state index contributed by atoms with van der Waals surface area (Å²) in [6.07, 6.45) is 4.83. The van der Waals surface area contributed by atoms with Gasteiger partial charge in [0.05, 0.1) is 0 Å². The number of hydrogen-bond acceptors (Lipinski definition) is 3. The van der Waals surface area contributed by atoms with E-state index in [-0.39, 0.29) is 17.9 Å². The lowest BCUT2D eigenvalue weighted by Crippen LogP contribution is -2.49. The summed E-state index contributed by atoms with van der Waals surface area (Å²) in [5, 5.41) is 3.16. The average molecular weight is 425 g/mol. The molecular formula is C25H32N2O2S. The van der Waals surface area contributed by atoms with Gasteiger partial charge in [0.25, 0.3) is 0 Å². The van der Waals surface area contributed by atoms with Gasteiger partial charge in [-0.25, -0.2) is 0 Å². The maximum atomic E-state index is 13.2. The molecule has 1 fully saturated rings. The Kier molecular flexibility index (Phi) is 8.38. The number of rotatable bonds is 9. The van der Waals surface area contributed by atoms with Crippen LogP contribution in [0.4, 0.5) is 0 Å². The van der Waals surface area contributed by atoms with Gasteiger partial charge in [-0.05, 0) is 49.9 Å². The van der Waals surface area contributed by atoms with Gasteiger partial charge in [0.15, 0.2) is 0 Å². The number of thioether (sulfide) groups is 1. The lowest BCUT2D eigenvalue weighted by Gasteiger charge is -2.30. The van der Waals surface area contributed by atoms with Crippen LogP contribution in [0.25, 0.3) is 0 Å². The van der Waals surface area contributed by atoms with Crippen LogP contribution in [0.2, 0.25) is 0 Å². The summed E-state index contributed by atoms with van der Waals surface area (Å²) in [6.45, 7) is 4.36. The van der Waals surface area contributed by atoms with E-state index in [9.17, 15) is 9.59 Å². The summed E-state index contributed by atoms with van der Waals surface area (Å²) in [4.78, 5) is 29.0. The van der Waals surface area contributed by atoms with Gasteiger partial charge in [0, 0.05) is 29.7 Å². The van der Waals surface area contributed by atoms with Crippen LogP contribution in [0.3, 0.4) is 0 Å². The van der Waals surface area contributed by atoms with Crippen molar-refractivity contribution in [1.82, 2.24) is 10.2 Å². The first kappa shape index (κ1) is 22.4. The van der Waals surface area contributed by atoms with Crippen molar-refractivity contribution in [1.29, 1.82) is 0 Å². The highest BCUT2D eigenvalue weighted by atomic mass is 32.2. The smallest absolute Gasteiger partial charge is 0.242 e. The SMILES string of the molecule is Cc1ccccc1CN(C(=O)CCSc1ccccc1)C(C)C(=O)NC1CCCC1. The van der Waals surface area contributed by atoms with Gasteiger partial charge in [0.1, 0.15) is 6.04 Å². The maximum Gasteiger partial charge on any atom is 0.242 e. The molecule has 4 nitrogen and oxygen atoms in total. The second kappa shape index (κ2) is 11.2. The van der Waals surface area contributed by atoms with E-state index in [0.29, 0.717) is 18.7 Å². The summed E-state index contributed by atoms with van der Waals surface area (Å²) in [6, 6.07) is 17.9. The van der Waals surface area contributed by atoms with E-state index in [1.807, 2.05) is 56.3 Å². The Labute approximate surface area is 184 Å². The monoisotopic (exact) mass is 424 g/mol. The zero-order valence-electron chi connectivity index (χ0n) is 18.0. The molecule has 0 spiro atoms. The van der Waals surface area contributed by atoms with Crippen LogP contribution in [-0.4, -0.2) is 34.6 Å². The second-order valence-corrected chi connectivity index (χ2v) is 9.19. The standard InChI is InChI=1S/C25H32N2O2S/c1-19-10-6-7-11-21(19)18-27(20(2)25(29)26-22-12-8-9-13-22)24(28)16-17-30-23-14-4-3-5-15-23/h3-7,10-11,14-15,20,22H,8-9,12-13,16-18H2,1-2H3,(H,26,29). The molecule has 1 aliphatic rings. The minimum atomic E-state index is -0.487. The zero-order chi connectivity index (χ0) is 21.3. The van der Waals surface area contributed by atoms with E-state index in [1.165, 1.54) is 12.8 Å². The van der Waals surface area contributed by atoms with Crippen LogP contribution in [0.5, 0.6) is 0 Å². The van der Waals surface area contributed by atoms with Crippen LogP contribution >= 0.6 is 11.8 Å². The average Bonchev–Trinajstić information content (AvgIpc) is 3.26. The minimum absolute atomic E-state index is 0.0238. The summed E-state index contributed by atoms with van der Waals surface area (Å²) < 4.78 is 0. The topological polar surface area (TPSA) is 49.4 Å². The minimum Gasteiger partial charge on any atom is -0.352 e. The molecule has 2 amide bonds. The van der Waals surface area contributed by atoms with Crippen molar-refractivity contribution in [3.63, 3.8) is 0 Å². The maximum absolute atomic E-state index is 13.2. The fraction of sp³-hybridized carbons (Fsp3) is 0.440. The number of amides is 2. The van der Waals surface area contributed by atoms with Crippen LogP contribution in [0.15, 0.2) is 59.5 Å². The first-order valence-electron chi connectivity index (χ1n) is 10.9. The third-order valence-corrected chi connectivity index (χ3v) is 6.81. The number of hydrogen-bond donors (Lipinski definition) is 1. The van der Waals surface area contributed by atoms with Crippen molar-refractivity contribution >= 4 is 23.6 Å². The van der Waals surface area contributed by atoms with Gasteiger partial charge in [-0.2, -0.15) is 0 Å². The largest absolute Gasteiger partial charge is 0.352 e. The van der Waals surface area contributed by atoms with Crippen molar-refractivity contribution in [2.75, 3.05) is 5.75 Å². The fourth-order valence-corrected chi connectivity index (χ4v) is 4.72. The van der Waals surface area contributed by atoms with E-state index in [0.717, 1.165) is 28.9 Å². The third-order valence-electron chi connectivity index (χ3n) is 5.80. The third kappa shape index (κ3) is 6.36. The Morgan fingerprint density at radius 1 is 1.07 bits per heavy atom. The lowest BCUT2D eigenvalue weighted by atomic mass is 10.1. The predicted molar refractivity (Wildman–Crippen MR) is 123 cm³/mol. The summed E-state index contributed by atoms with van der Waals surface area (Å²) in [7, 11) is 0. The van der Waals surface area contributed by atoms with Crippen molar-refractivity contribution in [3.8, 4) is 0 Å². The highest BCUT2D eigenvalue weighted by Crippen LogP contribution is 2.21. The number of benzene rings is 2. The molecule has 1 aliphatic carbocycles. The summed E-state index contributed by atoms with van der Waals surface area (Å²) >= 11 is 1.67. The van der Waals surface area contributed by atoms with Crippen LogP contribution in [0.1, 0.15) is 50.2 Å². The van der Waals surface area contributed by atoms with E-state index >= 15 is 0 Å². The van der Waals surface area contributed by atoms with Crippen molar-refractivity contribution < 1.29 is 9.59 Å². The van der Waals surface area contributed by atoms with Crippen molar-refractivity contribution in [2.45, 2.75) is 69.5 Å². The molecule has 0 radical (unpaired) electrons. The Bertz CT molecular complexity index is 834. The Balaban J connectivity index is 1.66. The number of aryl methyl sites for hydroxylation is 1. The normalized spacial score (nSPS) is 15.0. The molecule has 1 N–H and O–H groups in total. The molecule has 160 valence electrons. The van der Waals surface area contributed by atoms with Gasteiger partial charge >= 0.3 is 0 Å². The first-order chi connectivity index (χ1) is 14.5. The molecule has 0 heterocycles. The van der Waals surface area contributed by atoms with Crippen LogP contribution in [0, 0.1) is 6.92 Å². The molecule has 3 rings (SSSR count). The van der Waals surface area contributed by atoms with E-state index in [4.69, 9.17) is 0 Å². The van der Waals surface area contributed by atoms with Gasteiger partial charge in [-0.3, -0.25) is 9.59 Å². The van der Waals surface area contributed by atoms with E-state index < -0.39 is 6.04 Å². The molecule has 1 atom stereocenters. The van der Waals surface area contributed by atoms with E-state index in [2.05, 4.69) is 17.4 Å². The van der Waals surface area contributed by atoms with Crippen molar-refractivity contribution in [2.24, 2.45) is 0 Å². The molecule has 0 bridgehead atoms. The second-order valence-electron chi connectivity index (χ2n) is 8.03. The molecule has 0 aliphatic heterocycles.